The molecule has 2 aliphatic heterocycles. The summed E-state index contributed by atoms with van der Waals surface area (Å²) in [5.74, 6) is 0. The van der Waals surface area contributed by atoms with Crippen molar-refractivity contribution in [3.63, 3.8) is 0 Å². The molecule has 0 radical (unpaired) electrons. The standard InChI is InChI=1S/C28H19BN2/c1-28(2)18-10-4-5-12-20(18)29-21-13-6-9-17-25-22(30-3)14-8-15-23(25)31(27(17)21)24-16-7-11-19(28)26(24)29/h4-16H,1-2H3. The number of para-hydroxylation sites is 1. The lowest BCUT2D eigenvalue weighted by atomic mass is 9.30. The summed E-state index contributed by atoms with van der Waals surface area (Å²) in [6.07, 6.45) is 0. The lowest BCUT2D eigenvalue weighted by Gasteiger charge is -2.41. The molecular formula is C28H19BN2. The lowest BCUT2D eigenvalue weighted by Crippen LogP contribution is -2.63. The van der Waals surface area contributed by atoms with E-state index in [1.165, 1.54) is 44.1 Å². The highest BCUT2D eigenvalue weighted by atomic mass is 15.0. The van der Waals surface area contributed by atoms with E-state index in [0.29, 0.717) is 0 Å². The molecule has 0 amide bonds. The Balaban J connectivity index is 1.77. The molecule has 0 fully saturated rings. The van der Waals surface area contributed by atoms with Crippen LogP contribution in [0.5, 0.6) is 0 Å². The van der Waals surface area contributed by atoms with E-state index in [1.54, 1.807) is 0 Å². The van der Waals surface area contributed by atoms with E-state index in [2.05, 4.69) is 90.0 Å². The molecule has 7 rings (SSSR count). The molecule has 0 atom stereocenters. The third-order valence-corrected chi connectivity index (χ3v) is 7.48. The third kappa shape index (κ3) is 1.85. The SMILES string of the molecule is [C-]#[N+]c1cccc2c1c1cccc3c1n2-c1cccc2c1B3c1ccccc1C2(C)C. The maximum Gasteiger partial charge on any atom is 0.247 e. The van der Waals surface area contributed by atoms with E-state index < -0.39 is 0 Å². The van der Waals surface area contributed by atoms with Crippen molar-refractivity contribution in [2.45, 2.75) is 19.3 Å². The highest BCUT2D eigenvalue weighted by Gasteiger charge is 2.44. The first-order valence-corrected chi connectivity index (χ1v) is 10.8. The number of fused-ring (bicyclic) bond motifs is 7. The summed E-state index contributed by atoms with van der Waals surface area (Å²) in [6.45, 7) is 12.7. The Morgan fingerprint density at radius 3 is 2.42 bits per heavy atom. The van der Waals surface area contributed by atoms with Crippen molar-refractivity contribution >= 4 is 50.6 Å². The average molecular weight is 394 g/mol. The van der Waals surface area contributed by atoms with Gasteiger partial charge in [-0.05, 0) is 39.6 Å². The minimum atomic E-state index is -0.0610. The molecule has 0 N–H and O–H groups in total. The van der Waals surface area contributed by atoms with E-state index in [0.717, 1.165) is 16.6 Å². The van der Waals surface area contributed by atoms with Crippen LogP contribution in [-0.4, -0.2) is 11.3 Å². The van der Waals surface area contributed by atoms with Gasteiger partial charge in [0.05, 0.1) is 6.57 Å². The molecular weight excluding hydrogens is 375 g/mol. The van der Waals surface area contributed by atoms with Gasteiger partial charge in [0.25, 0.3) is 0 Å². The van der Waals surface area contributed by atoms with Gasteiger partial charge in [0.1, 0.15) is 0 Å². The second-order valence-electron chi connectivity index (χ2n) is 9.25. The minimum Gasteiger partial charge on any atom is -0.312 e. The zero-order valence-corrected chi connectivity index (χ0v) is 17.5. The fourth-order valence-electron chi connectivity index (χ4n) is 6.24. The van der Waals surface area contributed by atoms with Gasteiger partial charge in [-0.1, -0.05) is 86.0 Å². The van der Waals surface area contributed by atoms with E-state index in [4.69, 9.17) is 6.57 Å². The number of nitrogens with zero attached hydrogens (tertiary/aromatic N) is 2. The van der Waals surface area contributed by atoms with Crippen molar-refractivity contribution in [2.75, 3.05) is 0 Å². The third-order valence-electron chi connectivity index (χ3n) is 7.48. The van der Waals surface area contributed by atoms with E-state index in [1.807, 2.05) is 12.1 Å². The fourth-order valence-corrected chi connectivity index (χ4v) is 6.24. The smallest absolute Gasteiger partial charge is 0.247 e. The van der Waals surface area contributed by atoms with Gasteiger partial charge in [0, 0.05) is 27.5 Å². The molecule has 0 saturated heterocycles. The second-order valence-corrected chi connectivity index (χ2v) is 9.25. The van der Waals surface area contributed by atoms with E-state index in [-0.39, 0.29) is 12.1 Å². The van der Waals surface area contributed by atoms with Crippen molar-refractivity contribution in [2.24, 2.45) is 0 Å². The van der Waals surface area contributed by atoms with Crippen LogP contribution >= 0.6 is 0 Å². The quantitative estimate of drug-likeness (QED) is 0.259. The summed E-state index contributed by atoms with van der Waals surface area (Å²) in [7, 11) is 0. The highest BCUT2D eigenvalue weighted by Crippen LogP contribution is 2.41. The molecule has 1 aromatic heterocycles. The molecule has 0 unspecified atom stereocenters. The van der Waals surface area contributed by atoms with Gasteiger partial charge in [-0.3, -0.25) is 0 Å². The van der Waals surface area contributed by atoms with Crippen molar-refractivity contribution in [3.05, 3.63) is 101 Å². The fraction of sp³-hybridized carbons (Fsp3) is 0.107. The van der Waals surface area contributed by atoms with Gasteiger partial charge < -0.3 is 4.57 Å². The van der Waals surface area contributed by atoms with E-state index in [9.17, 15) is 0 Å². The number of hydrogen-bond acceptors (Lipinski definition) is 0. The normalized spacial score (nSPS) is 14.9. The molecule has 144 valence electrons. The zero-order chi connectivity index (χ0) is 20.9. The lowest BCUT2D eigenvalue weighted by molar-refractivity contribution is 0.645. The van der Waals surface area contributed by atoms with Crippen LogP contribution in [0.1, 0.15) is 25.0 Å². The van der Waals surface area contributed by atoms with Crippen LogP contribution in [0.2, 0.25) is 0 Å². The van der Waals surface area contributed by atoms with Gasteiger partial charge in [-0.2, -0.15) is 0 Å². The second kappa shape index (κ2) is 5.48. The van der Waals surface area contributed by atoms with Gasteiger partial charge >= 0.3 is 0 Å². The molecule has 3 heteroatoms. The minimum absolute atomic E-state index is 0.0610. The summed E-state index contributed by atoms with van der Waals surface area (Å²) < 4.78 is 2.41. The molecule has 5 aromatic rings. The van der Waals surface area contributed by atoms with Crippen LogP contribution in [0.25, 0.3) is 32.3 Å². The number of benzene rings is 4. The molecule has 2 nitrogen and oxygen atoms in total. The zero-order valence-electron chi connectivity index (χ0n) is 17.5. The van der Waals surface area contributed by atoms with Crippen LogP contribution in [0.15, 0.2) is 78.9 Å². The van der Waals surface area contributed by atoms with Crippen molar-refractivity contribution in [1.29, 1.82) is 0 Å². The summed E-state index contributed by atoms with van der Waals surface area (Å²) in [5.41, 5.74) is 11.3. The average Bonchev–Trinajstić information content (AvgIpc) is 3.15. The number of hydrogen-bond donors (Lipinski definition) is 0. The van der Waals surface area contributed by atoms with Crippen LogP contribution < -0.4 is 16.4 Å². The Morgan fingerprint density at radius 2 is 1.55 bits per heavy atom. The van der Waals surface area contributed by atoms with Gasteiger partial charge in [-0.15, -0.1) is 0 Å². The Bertz CT molecular complexity index is 1630. The first kappa shape index (κ1) is 17.0. The van der Waals surface area contributed by atoms with Crippen LogP contribution in [0.3, 0.4) is 0 Å². The molecule has 0 spiro atoms. The first-order chi connectivity index (χ1) is 15.1. The monoisotopic (exact) mass is 394 g/mol. The molecule has 31 heavy (non-hydrogen) atoms. The van der Waals surface area contributed by atoms with Crippen molar-refractivity contribution in [3.8, 4) is 5.69 Å². The summed E-state index contributed by atoms with van der Waals surface area (Å²) in [4.78, 5) is 3.87. The maximum absolute atomic E-state index is 7.77. The number of aromatic nitrogens is 1. The highest BCUT2D eigenvalue weighted by molar-refractivity contribution is 6.99. The predicted molar refractivity (Wildman–Crippen MR) is 130 cm³/mol. The van der Waals surface area contributed by atoms with Crippen LogP contribution in [-0.2, 0) is 5.41 Å². The van der Waals surface area contributed by atoms with Gasteiger partial charge in [0.2, 0.25) is 6.71 Å². The van der Waals surface area contributed by atoms with Crippen LogP contribution in [0.4, 0.5) is 5.69 Å². The molecule has 4 aromatic carbocycles. The Kier molecular flexibility index (Phi) is 3.00. The largest absolute Gasteiger partial charge is 0.312 e. The van der Waals surface area contributed by atoms with Crippen LogP contribution in [0, 0.1) is 6.57 Å². The maximum atomic E-state index is 7.77. The Labute approximate surface area is 181 Å². The Hall–Kier alpha value is -3.77. The van der Waals surface area contributed by atoms with Crippen molar-refractivity contribution < 1.29 is 0 Å². The summed E-state index contributed by atoms with van der Waals surface area (Å²) in [5, 5.41) is 2.25. The molecule has 3 heterocycles. The van der Waals surface area contributed by atoms with Crippen molar-refractivity contribution in [1.82, 2.24) is 4.57 Å². The summed E-state index contributed by atoms with van der Waals surface area (Å²) in [6, 6.07) is 28.5. The molecule has 2 aliphatic rings. The number of rotatable bonds is 0. The van der Waals surface area contributed by atoms with Gasteiger partial charge in [0.15, 0.2) is 5.69 Å². The topological polar surface area (TPSA) is 9.29 Å². The summed E-state index contributed by atoms with van der Waals surface area (Å²) >= 11 is 0. The first-order valence-electron chi connectivity index (χ1n) is 10.8. The predicted octanol–water partition coefficient (Wildman–Crippen LogP) is 4.80. The molecule has 0 bridgehead atoms. The molecule has 0 saturated carbocycles. The van der Waals surface area contributed by atoms with Gasteiger partial charge in [-0.25, -0.2) is 4.85 Å². The Morgan fingerprint density at radius 1 is 0.806 bits per heavy atom. The van der Waals surface area contributed by atoms with E-state index >= 15 is 0 Å². The molecule has 0 aliphatic carbocycles.